The smallest absolute Gasteiger partial charge is 0.178 e. The van der Waals surface area contributed by atoms with Gasteiger partial charge in [-0.05, 0) is 85.4 Å². The minimum Gasteiger partial charge on any atom is -0.307 e. The number of hydrogen-bond donors (Lipinski definition) is 0. The van der Waals surface area contributed by atoms with Crippen LogP contribution in [0.4, 0.5) is 0 Å². The molecule has 0 aliphatic carbocycles. The van der Waals surface area contributed by atoms with Gasteiger partial charge in [-0.15, -0.1) is 0 Å². The van der Waals surface area contributed by atoms with Gasteiger partial charge in [-0.3, -0.25) is 0 Å². The van der Waals surface area contributed by atoms with Crippen molar-refractivity contribution in [3.05, 3.63) is 10.4 Å². The standard InChI is InChI=1S/C15H37N6PSi/c1-12(2)20(13(3)4)22(18-17-16,19-23(9,10)11)21(14(5)6)15(7)8/h12-15H,1-11H3. The van der Waals surface area contributed by atoms with Crippen molar-refractivity contribution in [3.8, 4) is 0 Å². The summed E-state index contributed by atoms with van der Waals surface area (Å²) in [5.74, 6) is 0. The van der Waals surface area contributed by atoms with Crippen molar-refractivity contribution in [2.24, 2.45) is 9.30 Å². The third-order valence-electron chi connectivity index (χ3n) is 3.33. The Morgan fingerprint density at radius 1 is 0.783 bits per heavy atom. The third kappa shape index (κ3) is 5.91. The first-order valence-electron chi connectivity index (χ1n) is 8.58. The van der Waals surface area contributed by atoms with Crippen molar-refractivity contribution in [1.82, 2.24) is 9.34 Å². The highest BCUT2D eigenvalue weighted by atomic mass is 31.2. The highest BCUT2D eigenvalue weighted by Gasteiger charge is 2.41. The van der Waals surface area contributed by atoms with E-state index < -0.39 is 15.7 Å². The van der Waals surface area contributed by atoms with Gasteiger partial charge in [0.25, 0.3) is 0 Å². The number of rotatable bonds is 8. The zero-order chi connectivity index (χ0) is 18.6. The van der Waals surface area contributed by atoms with E-state index in [0.29, 0.717) is 0 Å². The van der Waals surface area contributed by atoms with Gasteiger partial charge >= 0.3 is 0 Å². The predicted octanol–water partition coefficient (Wildman–Crippen LogP) is 6.32. The van der Waals surface area contributed by atoms with E-state index in [1.807, 2.05) is 0 Å². The lowest BCUT2D eigenvalue weighted by molar-refractivity contribution is 0.250. The number of azide groups is 1. The van der Waals surface area contributed by atoms with Gasteiger partial charge in [-0.25, -0.2) is 9.34 Å². The van der Waals surface area contributed by atoms with Crippen molar-refractivity contribution >= 4 is 15.7 Å². The normalized spacial score (nSPS) is 13.6. The second-order valence-corrected chi connectivity index (χ2v) is 15.4. The average Bonchev–Trinajstić information content (AvgIpc) is 2.23. The Labute approximate surface area is 144 Å². The molecule has 0 saturated heterocycles. The van der Waals surface area contributed by atoms with Crippen LogP contribution in [0.25, 0.3) is 10.4 Å². The van der Waals surface area contributed by atoms with Gasteiger partial charge in [0.15, 0.2) is 15.7 Å². The zero-order valence-electron chi connectivity index (χ0n) is 16.9. The lowest BCUT2D eigenvalue weighted by Crippen LogP contribution is -2.45. The second kappa shape index (κ2) is 8.68. The molecule has 0 saturated carbocycles. The van der Waals surface area contributed by atoms with Crippen LogP contribution in [-0.4, -0.2) is 41.7 Å². The number of nitrogens with zero attached hydrogens (tertiary/aromatic N) is 6. The topological polar surface area (TPSA) is 67.6 Å². The van der Waals surface area contributed by atoms with E-state index in [1.54, 1.807) is 0 Å². The summed E-state index contributed by atoms with van der Waals surface area (Å²) in [7, 11) is -4.31. The molecule has 6 nitrogen and oxygen atoms in total. The Bertz CT molecular complexity index is 435. The van der Waals surface area contributed by atoms with E-state index >= 15 is 0 Å². The Morgan fingerprint density at radius 3 is 1.26 bits per heavy atom. The minimum absolute atomic E-state index is 0.258. The summed E-state index contributed by atoms with van der Waals surface area (Å²) in [5, 5.41) is 0. The summed E-state index contributed by atoms with van der Waals surface area (Å²) < 4.78 is 10.0. The largest absolute Gasteiger partial charge is 0.307 e. The van der Waals surface area contributed by atoms with E-state index in [2.05, 4.69) is 94.2 Å². The molecule has 0 fully saturated rings. The van der Waals surface area contributed by atoms with E-state index in [0.717, 1.165) is 0 Å². The van der Waals surface area contributed by atoms with Gasteiger partial charge < -0.3 is 4.41 Å². The Kier molecular flexibility index (Phi) is 8.56. The summed E-state index contributed by atoms with van der Waals surface area (Å²) >= 11 is 0. The Balaban J connectivity index is 6.90. The molecule has 0 amide bonds. The fraction of sp³-hybridized carbons (Fsp3) is 1.00. The Hall–Kier alpha value is -0.323. The molecular formula is C15H37N6PSi. The predicted molar refractivity (Wildman–Crippen MR) is 106 cm³/mol. The summed E-state index contributed by atoms with van der Waals surface area (Å²) in [5.41, 5.74) is 9.41. The molecule has 0 heterocycles. The summed E-state index contributed by atoms with van der Waals surface area (Å²) in [6, 6.07) is 1.03. The van der Waals surface area contributed by atoms with Crippen LogP contribution in [0.15, 0.2) is 9.30 Å². The van der Waals surface area contributed by atoms with E-state index in [4.69, 9.17) is 4.41 Å². The lowest BCUT2D eigenvalue weighted by Gasteiger charge is -2.49. The maximum absolute atomic E-state index is 9.41. The van der Waals surface area contributed by atoms with Gasteiger partial charge in [0.2, 0.25) is 0 Å². The van der Waals surface area contributed by atoms with Crippen LogP contribution < -0.4 is 0 Å². The summed E-state index contributed by atoms with van der Waals surface area (Å²) in [6.45, 7) is 24.0. The van der Waals surface area contributed by atoms with Crippen LogP contribution in [-0.2, 0) is 0 Å². The van der Waals surface area contributed by atoms with Crippen LogP contribution >= 0.6 is 7.51 Å². The SMILES string of the molecule is CC(C)N(C(C)C)P(N=[N+]=[N-])(=N[Si](C)(C)C)N(C(C)C)C(C)C. The quantitative estimate of drug-likeness (QED) is 0.167. The van der Waals surface area contributed by atoms with Crippen molar-refractivity contribution in [3.63, 3.8) is 0 Å². The first kappa shape index (κ1) is 22.7. The third-order valence-corrected chi connectivity index (χ3v) is 10.2. The molecule has 0 N–H and O–H groups in total. The summed E-state index contributed by atoms with van der Waals surface area (Å²) in [6.07, 6.45) is 0. The fourth-order valence-corrected chi connectivity index (χ4v) is 10.4. The van der Waals surface area contributed by atoms with Crippen molar-refractivity contribution in [2.45, 2.75) is 99.2 Å². The van der Waals surface area contributed by atoms with Crippen molar-refractivity contribution < 1.29 is 0 Å². The maximum Gasteiger partial charge on any atom is 0.178 e. The van der Waals surface area contributed by atoms with Gasteiger partial charge in [-0.2, -0.15) is 0 Å². The Morgan fingerprint density at radius 2 is 1.09 bits per heavy atom. The van der Waals surface area contributed by atoms with Gasteiger partial charge in [0.1, 0.15) is 0 Å². The van der Waals surface area contributed by atoms with E-state index in [-0.39, 0.29) is 24.2 Å². The molecule has 0 atom stereocenters. The molecule has 0 aromatic rings. The molecule has 0 unspecified atom stereocenters. The molecular weight excluding hydrogens is 323 g/mol. The molecule has 0 radical (unpaired) electrons. The molecule has 136 valence electrons. The minimum atomic E-state index is -2.50. The van der Waals surface area contributed by atoms with Gasteiger partial charge in [-0.1, -0.05) is 0 Å². The molecule has 0 bridgehead atoms. The zero-order valence-corrected chi connectivity index (χ0v) is 18.8. The number of hydrogen-bond acceptors (Lipinski definition) is 1. The lowest BCUT2D eigenvalue weighted by atomic mass is 10.3. The molecule has 0 rings (SSSR count). The molecule has 23 heavy (non-hydrogen) atoms. The van der Waals surface area contributed by atoms with Crippen LogP contribution in [0.3, 0.4) is 0 Å². The maximum atomic E-state index is 9.41. The van der Waals surface area contributed by atoms with Crippen LogP contribution in [0.1, 0.15) is 55.4 Å². The molecule has 0 aromatic heterocycles. The molecule has 8 heteroatoms. The van der Waals surface area contributed by atoms with E-state index in [9.17, 15) is 5.53 Å². The fourth-order valence-electron chi connectivity index (χ4n) is 3.22. The molecule has 0 aromatic carbocycles. The summed E-state index contributed by atoms with van der Waals surface area (Å²) in [4.78, 5) is 7.72. The van der Waals surface area contributed by atoms with Crippen LogP contribution in [0.5, 0.6) is 0 Å². The second-order valence-electron chi connectivity index (χ2n) is 8.12. The molecule has 0 aliphatic rings. The molecule has 0 spiro atoms. The molecule has 0 aliphatic heterocycles. The monoisotopic (exact) mass is 360 g/mol. The van der Waals surface area contributed by atoms with Crippen LogP contribution in [0.2, 0.25) is 19.6 Å². The van der Waals surface area contributed by atoms with Gasteiger partial charge in [0, 0.05) is 29.1 Å². The average molecular weight is 361 g/mol. The van der Waals surface area contributed by atoms with Crippen molar-refractivity contribution in [2.75, 3.05) is 0 Å². The van der Waals surface area contributed by atoms with Crippen molar-refractivity contribution in [1.29, 1.82) is 0 Å². The van der Waals surface area contributed by atoms with Crippen LogP contribution in [0, 0.1) is 0 Å². The highest BCUT2D eigenvalue weighted by Crippen LogP contribution is 2.63. The first-order valence-corrected chi connectivity index (χ1v) is 13.6. The van der Waals surface area contributed by atoms with Gasteiger partial charge in [0.05, 0.1) is 0 Å². The highest BCUT2D eigenvalue weighted by molar-refractivity contribution is 7.61. The van der Waals surface area contributed by atoms with E-state index in [1.165, 1.54) is 0 Å². The first-order chi connectivity index (χ1) is 10.3.